The van der Waals surface area contributed by atoms with E-state index >= 15 is 0 Å². The fraction of sp³-hybridized carbons (Fsp3) is 0.364. The smallest absolute Gasteiger partial charge is 0.322 e. The number of nitrogens with two attached hydrogens (primary N) is 1. The highest BCUT2D eigenvalue weighted by atomic mass is 16.5. The SMILES string of the molecule is COC(=O)[C@H](N)Cc1cccc(C)c1. The van der Waals surface area contributed by atoms with Crippen molar-refractivity contribution in [2.75, 3.05) is 7.11 Å². The van der Waals surface area contributed by atoms with Crippen molar-refractivity contribution in [3.8, 4) is 0 Å². The summed E-state index contributed by atoms with van der Waals surface area (Å²) in [5, 5.41) is 0. The molecule has 0 unspecified atom stereocenters. The lowest BCUT2D eigenvalue weighted by atomic mass is 10.0. The zero-order chi connectivity index (χ0) is 10.6. The summed E-state index contributed by atoms with van der Waals surface area (Å²) in [5.41, 5.74) is 7.86. The number of hydrogen-bond donors (Lipinski definition) is 1. The van der Waals surface area contributed by atoms with Crippen LogP contribution in [0.2, 0.25) is 0 Å². The molecule has 0 bridgehead atoms. The molecule has 0 saturated heterocycles. The Bertz CT molecular complexity index is 323. The molecule has 1 rings (SSSR count). The van der Waals surface area contributed by atoms with E-state index in [1.807, 2.05) is 31.2 Å². The second-order valence-corrected chi connectivity index (χ2v) is 3.32. The van der Waals surface area contributed by atoms with Crippen molar-refractivity contribution >= 4 is 5.97 Å². The summed E-state index contributed by atoms with van der Waals surface area (Å²) in [6.45, 7) is 2.01. The third-order valence-electron chi connectivity index (χ3n) is 2.04. The minimum Gasteiger partial charge on any atom is -0.468 e. The molecular weight excluding hydrogens is 178 g/mol. The van der Waals surface area contributed by atoms with Gasteiger partial charge in [-0.3, -0.25) is 4.79 Å². The summed E-state index contributed by atoms with van der Waals surface area (Å²) in [6, 6.07) is 7.36. The lowest BCUT2D eigenvalue weighted by Crippen LogP contribution is -2.33. The van der Waals surface area contributed by atoms with E-state index in [9.17, 15) is 4.79 Å². The summed E-state index contributed by atoms with van der Waals surface area (Å²) in [4.78, 5) is 11.1. The number of methoxy groups -OCH3 is 1. The molecule has 0 radical (unpaired) electrons. The fourth-order valence-electron chi connectivity index (χ4n) is 1.33. The minimum absolute atomic E-state index is 0.369. The highest BCUT2D eigenvalue weighted by Crippen LogP contribution is 2.06. The summed E-state index contributed by atoms with van der Waals surface area (Å²) < 4.78 is 4.55. The molecule has 0 aromatic heterocycles. The Balaban J connectivity index is 2.64. The van der Waals surface area contributed by atoms with Gasteiger partial charge in [-0.05, 0) is 18.9 Å². The van der Waals surface area contributed by atoms with Crippen LogP contribution in [0.4, 0.5) is 0 Å². The van der Waals surface area contributed by atoms with Crippen LogP contribution in [0.1, 0.15) is 11.1 Å². The number of rotatable bonds is 3. The van der Waals surface area contributed by atoms with E-state index in [0.29, 0.717) is 6.42 Å². The van der Waals surface area contributed by atoms with Crippen LogP contribution in [0.5, 0.6) is 0 Å². The predicted octanol–water partition coefficient (Wildman–Crippen LogP) is 1.04. The molecule has 0 fully saturated rings. The van der Waals surface area contributed by atoms with E-state index < -0.39 is 6.04 Å². The van der Waals surface area contributed by atoms with Crippen molar-refractivity contribution < 1.29 is 9.53 Å². The van der Waals surface area contributed by atoms with Gasteiger partial charge in [0, 0.05) is 0 Å². The molecule has 0 aliphatic heterocycles. The van der Waals surface area contributed by atoms with Gasteiger partial charge in [-0.15, -0.1) is 0 Å². The van der Waals surface area contributed by atoms with Crippen molar-refractivity contribution in [1.82, 2.24) is 0 Å². The van der Waals surface area contributed by atoms with Gasteiger partial charge in [0.25, 0.3) is 0 Å². The number of aryl methyl sites for hydroxylation is 1. The maximum Gasteiger partial charge on any atom is 0.322 e. The lowest BCUT2D eigenvalue weighted by Gasteiger charge is -2.09. The van der Waals surface area contributed by atoms with Crippen LogP contribution in [0.25, 0.3) is 0 Å². The predicted molar refractivity (Wildman–Crippen MR) is 54.9 cm³/mol. The van der Waals surface area contributed by atoms with Crippen LogP contribution in [-0.4, -0.2) is 19.1 Å². The van der Waals surface area contributed by atoms with Crippen LogP contribution >= 0.6 is 0 Å². The Morgan fingerprint density at radius 1 is 1.57 bits per heavy atom. The van der Waals surface area contributed by atoms with E-state index in [2.05, 4.69) is 4.74 Å². The zero-order valence-electron chi connectivity index (χ0n) is 8.49. The summed E-state index contributed by atoms with van der Waals surface area (Å²) in [6.07, 6.45) is 0.522. The van der Waals surface area contributed by atoms with Crippen LogP contribution < -0.4 is 5.73 Å². The molecule has 2 N–H and O–H groups in total. The molecule has 1 atom stereocenters. The number of esters is 1. The second-order valence-electron chi connectivity index (χ2n) is 3.32. The molecule has 0 amide bonds. The summed E-state index contributed by atoms with van der Waals surface area (Å²) in [5.74, 6) is -0.369. The van der Waals surface area contributed by atoms with Gasteiger partial charge in [0.1, 0.15) is 6.04 Å². The Kier molecular flexibility index (Phi) is 3.65. The van der Waals surface area contributed by atoms with Crippen LogP contribution in [-0.2, 0) is 16.0 Å². The largest absolute Gasteiger partial charge is 0.468 e. The van der Waals surface area contributed by atoms with E-state index in [1.165, 1.54) is 12.7 Å². The molecule has 0 saturated carbocycles. The average Bonchev–Trinajstić information content (AvgIpc) is 2.16. The summed E-state index contributed by atoms with van der Waals surface area (Å²) in [7, 11) is 1.35. The third kappa shape index (κ3) is 2.85. The van der Waals surface area contributed by atoms with Gasteiger partial charge in [0.15, 0.2) is 0 Å². The van der Waals surface area contributed by atoms with Gasteiger partial charge >= 0.3 is 5.97 Å². The van der Waals surface area contributed by atoms with Crippen LogP contribution in [0.3, 0.4) is 0 Å². The monoisotopic (exact) mass is 193 g/mol. The zero-order valence-corrected chi connectivity index (χ0v) is 8.49. The standard InChI is InChI=1S/C11H15NO2/c1-8-4-3-5-9(6-8)7-10(12)11(13)14-2/h3-6,10H,7,12H2,1-2H3/t10-/m1/s1. The molecule has 3 heteroatoms. The van der Waals surface area contributed by atoms with Crippen molar-refractivity contribution in [2.24, 2.45) is 5.73 Å². The quantitative estimate of drug-likeness (QED) is 0.730. The third-order valence-corrected chi connectivity index (χ3v) is 2.04. The first kappa shape index (κ1) is 10.7. The molecule has 1 aromatic rings. The normalized spacial score (nSPS) is 12.2. The van der Waals surface area contributed by atoms with Gasteiger partial charge in [-0.25, -0.2) is 0 Å². The number of carbonyl (C=O) groups is 1. The van der Waals surface area contributed by atoms with E-state index in [-0.39, 0.29) is 5.97 Å². The lowest BCUT2D eigenvalue weighted by molar-refractivity contribution is -0.142. The van der Waals surface area contributed by atoms with E-state index in [4.69, 9.17) is 5.73 Å². The Morgan fingerprint density at radius 3 is 2.86 bits per heavy atom. The number of ether oxygens (including phenoxy) is 1. The van der Waals surface area contributed by atoms with Crippen LogP contribution in [0.15, 0.2) is 24.3 Å². The van der Waals surface area contributed by atoms with E-state index in [0.717, 1.165) is 5.56 Å². The maximum atomic E-state index is 11.1. The highest BCUT2D eigenvalue weighted by molar-refractivity contribution is 5.75. The molecule has 0 aliphatic carbocycles. The first-order valence-electron chi connectivity index (χ1n) is 4.52. The molecule has 1 aromatic carbocycles. The van der Waals surface area contributed by atoms with Gasteiger partial charge in [0.05, 0.1) is 7.11 Å². The van der Waals surface area contributed by atoms with Crippen molar-refractivity contribution in [3.05, 3.63) is 35.4 Å². The Labute approximate surface area is 83.9 Å². The maximum absolute atomic E-state index is 11.1. The molecule has 14 heavy (non-hydrogen) atoms. The number of benzene rings is 1. The van der Waals surface area contributed by atoms with Gasteiger partial charge in [-0.2, -0.15) is 0 Å². The van der Waals surface area contributed by atoms with Gasteiger partial charge < -0.3 is 10.5 Å². The fourth-order valence-corrected chi connectivity index (χ4v) is 1.33. The van der Waals surface area contributed by atoms with Crippen molar-refractivity contribution in [3.63, 3.8) is 0 Å². The molecule has 3 nitrogen and oxygen atoms in total. The number of hydrogen-bond acceptors (Lipinski definition) is 3. The average molecular weight is 193 g/mol. The van der Waals surface area contributed by atoms with E-state index in [1.54, 1.807) is 0 Å². The molecular formula is C11H15NO2. The topological polar surface area (TPSA) is 52.3 Å². The first-order valence-corrected chi connectivity index (χ1v) is 4.52. The Hall–Kier alpha value is -1.35. The highest BCUT2D eigenvalue weighted by Gasteiger charge is 2.13. The summed E-state index contributed by atoms with van der Waals surface area (Å²) >= 11 is 0. The molecule has 76 valence electrons. The van der Waals surface area contributed by atoms with Gasteiger partial charge in [-0.1, -0.05) is 29.8 Å². The Morgan fingerprint density at radius 2 is 2.29 bits per heavy atom. The van der Waals surface area contributed by atoms with Crippen molar-refractivity contribution in [2.45, 2.75) is 19.4 Å². The molecule has 0 heterocycles. The van der Waals surface area contributed by atoms with Gasteiger partial charge in [0.2, 0.25) is 0 Å². The van der Waals surface area contributed by atoms with Crippen LogP contribution in [0, 0.1) is 6.92 Å². The first-order chi connectivity index (χ1) is 6.63. The minimum atomic E-state index is -0.568. The molecule has 0 spiro atoms. The molecule has 0 aliphatic rings. The van der Waals surface area contributed by atoms with Crippen molar-refractivity contribution in [1.29, 1.82) is 0 Å². The number of carbonyl (C=O) groups excluding carboxylic acids is 1. The second kappa shape index (κ2) is 4.77.